The number of rotatable bonds is 28. The zero-order chi connectivity index (χ0) is 74.6. The number of aliphatic hydroxyl groups is 3. The van der Waals surface area contributed by atoms with E-state index < -0.39 is 126 Å². The summed E-state index contributed by atoms with van der Waals surface area (Å²) in [5, 5.41) is 63.5. The second-order valence-corrected chi connectivity index (χ2v) is 27.7. The van der Waals surface area contributed by atoms with Crippen molar-refractivity contribution < 1.29 is 141 Å². The molecule has 34 heteroatoms. The number of hydrogen-bond acceptors (Lipinski definition) is 22. The number of nitrogens with zero attached hydrogens (tertiary/aromatic N) is 2. The van der Waals surface area contributed by atoms with Crippen molar-refractivity contribution in [2.75, 3.05) is 40.8 Å². The fourth-order valence-electron chi connectivity index (χ4n) is 8.02. The Morgan fingerprint density at radius 3 is 1.29 bits per heavy atom. The van der Waals surface area contributed by atoms with Gasteiger partial charge in [0.05, 0.1) is 44.4 Å². The monoisotopic (exact) mass is 1680 g/mol. The number of nitrogens with two attached hydrogens (primary N) is 2. The van der Waals surface area contributed by atoms with E-state index >= 15 is 0 Å². The van der Waals surface area contributed by atoms with Crippen LogP contribution in [0.2, 0.25) is 0 Å². The number of alkyl carbamates (subject to hydrolysis) is 3. The summed E-state index contributed by atoms with van der Waals surface area (Å²) in [5.41, 5.74) is 9.72. The van der Waals surface area contributed by atoms with E-state index in [0.29, 0.717) is 54.5 Å². The molecule has 7 unspecified atom stereocenters. The quantitative estimate of drug-likeness (QED) is 0.0323. The number of benzene rings is 1. The molecule has 1 radical (unpaired) electrons. The molecular formula is C66H113AcCl2N11O20. The number of aldehydes is 1. The zero-order valence-electron chi connectivity index (χ0n) is 60.5. The van der Waals surface area contributed by atoms with Crippen molar-refractivity contribution in [2.24, 2.45) is 35.1 Å². The first kappa shape index (κ1) is 100. The van der Waals surface area contributed by atoms with Crippen LogP contribution in [-0.4, -0.2) is 203 Å². The number of aliphatic carboxylic acids is 1. The normalized spacial score (nSPS) is 15.7. The average molecular weight is 1680 g/mol. The van der Waals surface area contributed by atoms with Crippen LogP contribution >= 0.6 is 24.8 Å². The maximum atomic E-state index is 12.4. The number of nitrogens with one attached hydrogen (secondary N) is 7. The molecule has 4 aliphatic rings. The molecule has 1 aromatic rings. The molecule has 1 aromatic carbocycles. The van der Waals surface area contributed by atoms with Gasteiger partial charge in [-0.15, -0.1) is 24.8 Å². The van der Waals surface area contributed by atoms with E-state index in [1.165, 1.54) is 31.8 Å². The van der Waals surface area contributed by atoms with E-state index in [0.717, 1.165) is 51.2 Å². The molecule has 0 bridgehead atoms. The van der Waals surface area contributed by atoms with Gasteiger partial charge >= 0.3 is 30.2 Å². The molecule has 0 aromatic heterocycles. The number of methoxy groups -OCH3 is 1. The molecular weight excluding hydrogens is 1560 g/mol. The van der Waals surface area contributed by atoms with Crippen molar-refractivity contribution in [2.45, 2.75) is 238 Å². The molecule has 4 saturated carbocycles. The number of halogens is 2. The van der Waals surface area contributed by atoms with Crippen molar-refractivity contribution in [3.05, 3.63) is 35.9 Å². The first-order valence-corrected chi connectivity index (χ1v) is 32.4. The Hall–Kier alpha value is -6.03. The summed E-state index contributed by atoms with van der Waals surface area (Å²) in [6.45, 7) is 19.9. The van der Waals surface area contributed by atoms with Gasteiger partial charge in [-0.05, 0) is 130 Å². The molecule has 15 N–H and O–H groups in total. The second kappa shape index (κ2) is 51.2. The number of carbonyl (C=O) groups excluding carboxylic acids is 11. The summed E-state index contributed by atoms with van der Waals surface area (Å²) in [5.74, 6) is -3.07. The van der Waals surface area contributed by atoms with Crippen molar-refractivity contribution in [1.82, 2.24) is 42.1 Å². The van der Waals surface area contributed by atoms with Crippen molar-refractivity contribution in [3.63, 3.8) is 0 Å². The Morgan fingerprint density at radius 2 is 0.960 bits per heavy atom. The van der Waals surface area contributed by atoms with Crippen LogP contribution in [0.1, 0.15) is 178 Å². The number of carboxylic acid groups (broad SMARTS) is 1. The fraction of sp³-hybridized carbons (Fsp3) is 0.712. The third-order valence-corrected chi connectivity index (χ3v) is 13.3. The number of carboxylic acids is 1. The number of likely N-dealkylation sites (N-methyl/N-ethyl adjacent to an activating group) is 1. The number of amides is 8. The summed E-state index contributed by atoms with van der Waals surface area (Å²) in [6.07, 6.45) is 5.21. The number of nitriles is 1. The van der Waals surface area contributed by atoms with Gasteiger partial charge in [-0.25, -0.2) is 14.4 Å². The van der Waals surface area contributed by atoms with Crippen LogP contribution in [0.15, 0.2) is 30.3 Å². The molecule has 5 rings (SSSR count). The maximum absolute atomic E-state index is 12.4. The molecule has 569 valence electrons. The van der Waals surface area contributed by atoms with Crippen LogP contribution < -0.4 is 48.7 Å². The summed E-state index contributed by atoms with van der Waals surface area (Å²) >= 11 is 0. The molecule has 31 nitrogen and oxygen atoms in total. The van der Waals surface area contributed by atoms with Gasteiger partial charge in [0.2, 0.25) is 11.8 Å². The Kier molecular flexibility index (Phi) is 51.3. The smallest absolute Gasteiger partial charge is 0.408 e. The number of aliphatic hydroxyl groups excluding tert-OH is 3. The Bertz CT molecular complexity index is 2630. The number of esters is 1. The zero-order valence-corrected chi connectivity index (χ0v) is 66.9. The number of carbonyl (C=O) groups is 12. The van der Waals surface area contributed by atoms with Crippen LogP contribution in [0.5, 0.6) is 0 Å². The van der Waals surface area contributed by atoms with Gasteiger partial charge in [-0.2, -0.15) is 5.26 Å². The van der Waals surface area contributed by atoms with Crippen LogP contribution in [0.25, 0.3) is 0 Å². The van der Waals surface area contributed by atoms with E-state index in [-0.39, 0.29) is 100 Å². The van der Waals surface area contributed by atoms with Gasteiger partial charge in [0.15, 0.2) is 12.2 Å². The predicted molar refractivity (Wildman–Crippen MR) is 370 cm³/mol. The molecule has 0 spiro atoms. The molecule has 0 aliphatic heterocycles. The number of ketones is 1. The van der Waals surface area contributed by atoms with E-state index in [1.54, 1.807) is 107 Å². The van der Waals surface area contributed by atoms with Crippen molar-refractivity contribution in [1.29, 1.82) is 5.26 Å². The first-order valence-electron chi connectivity index (χ1n) is 32.4. The van der Waals surface area contributed by atoms with E-state index in [4.69, 9.17) is 36.0 Å². The summed E-state index contributed by atoms with van der Waals surface area (Å²) in [6, 6.07) is 7.39. The molecule has 100 heavy (non-hydrogen) atoms. The summed E-state index contributed by atoms with van der Waals surface area (Å²) < 4.78 is 19.5. The SMILES string of the molecule is CC(=O)CNC(=O)C(O)C(CC1CC1)NC(=O)OC(C)(C)C.CC(C)(C)OC(=O)NC(C=O)CC1CC1.CC(C)(C)OC(=O)NC(CC1CC1)C(O)C(=O)NCC(=O)O.CC(C)N.CN(C)C(=O)[C@@H](NC(=O)CNC(=O)C(O)C(N)CC1CC1)c1ccccc1.COC(=O)CC#N.Cl.Cl.[Ac]. The fourth-order valence-corrected chi connectivity index (χ4v) is 8.02. The standard InChI is InChI=1S/C19H28N4O4.C15H26N2O5.C14H24N2O6.C11H19NO3.C4H5NO2.C3H9N.Ac.2ClH/c1-23(2)19(27)16(13-6-4-3-5-7-13)22-15(24)11-21-18(26)17(25)14(20)10-12-8-9-12;1-9(18)8-16-13(20)12(19)11(7-10-5-6-10)17-14(21)22-15(2,3)4;1-14(2,3)22-13(21)16-9(6-8-4-5-8)11(19)12(20)15-7-10(17)18;1-11(2,3)15-10(14)12-9(7-13)6-8-4-5-8;1-7-4(6)2-3-5;1-3(2)4;;;/h3-7,12,14,16-17,25H,8-11,20H2,1-2H3,(H,21,26)(H,22,24);10-12,19H,5-8H2,1-4H3,(H,16,20)(H,17,21);8-9,11,19H,4-7H2,1-3H3,(H,15,20)(H,16,21)(H,17,18);7-9H,4-6H2,1-3H3,(H,12,14);2H2,1H3;3H,4H2,1-2H3;;2*1H/t14?,16-,17?;;;;;;;;/m0......../s1. The largest absolute Gasteiger partial charge is 0.480 e. The summed E-state index contributed by atoms with van der Waals surface area (Å²) in [4.78, 5) is 139. The van der Waals surface area contributed by atoms with E-state index in [9.17, 15) is 72.9 Å². The van der Waals surface area contributed by atoms with Crippen LogP contribution in [0.4, 0.5) is 14.4 Å². The van der Waals surface area contributed by atoms with Crippen molar-refractivity contribution >= 4 is 96.6 Å². The minimum Gasteiger partial charge on any atom is -0.480 e. The van der Waals surface area contributed by atoms with Crippen LogP contribution in [0, 0.1) is 79.1 Å². The molecule has 8 amide bonds. The molecule has 0 heterocycles. The molecule has 8 atom stereocenters. The first-order chi connectivity index (χ1) is 44.9. The predicted octanol–water partition coefficient (Wildman–Crippen LogP) is 3.67. The number of Topliss-reactive ketones (excluding diaryl/α,β-unsaturated/α-hetero) is 1. The molecule has 4 aliphatic carbocycles. The number of hydrogen-bond donors (Lipinski definition) is 13. The maximum Gasteiger partial charge on any atom is 0.408 e. The van der Waals surface area contributed by atoms with E-state index in [2.05, 4.69) is 42.0 Å². The van der Waals surface area contributed by atoms with Gasteiger partial charge in [0.1, 0.15) is 54.0 Å². The minimum atomic E-state index is -1.52. The molecule has 0 saturated heterocycles. The number of ether oxygens (including phenoxy) is 4. The van der Waals surface area contributed by atoms with Crippen LogP contribution in [0.3, 0.4) is 0 Å². The Balaban J connectivity index is -0.000000586. The third-order valence-electron chi connectivity index (χ3n) is 13.3. The Morgan fingerprint density at radius 1 is 0.600 bits per heavy atom. The van der Waals surface area contributed by atoms with Gasteiger partial charge in [-0.1, -0.05) is 95.5 Å². The van der Waals surface area contributed by atoms with Crippen molar-refractivity contribution in [3.8, 4) is 6.07 Å². The van der Waals surface area contributed by atoms with Gasteiger partial charge < -0.3 is 97.8 Å². The minimum absolute atomic E-state index is 0. The molecule has 4 fully saturated rings. The van der Waals surface area contributed by atoms with Gasteiger partial charge in [0, 0.05) is 64.2 Å². The average Bonchev–Trinajstić information content (AvgIpc) is 1.43. The topological polar surface area (TPSA) is 486 Å². The van der Waals surface area contributed by atoms with Gasteiger partial charge in [-0.3, -0.25) is 38.4 Å². The third kappa shape index (κ3) is 53.8. The second-order valence-electron chi connectivity index (χ2n) is 27.7. The van der Waals surface area contributed by atoms with Gasteiger partial charge in [0.25, 0.3) is 17.7 Å². The Labute approximate surface area is 636 Å². The summed E-state index contributed by atoms with van der Waals surface area (Å²) in [7, 11) is 4.45. The van der Waals surface area contributed by atoms with Crippen LogP contribution in [-0.2, 0) is 62.1 Å². The van der Waals surface area contributed by atoms with E-state index in [1.807, 2.05) is 19.9 Å².